The van der Waals surface area contributed by atoms with Gasteiger partial charge in [0, 0.05) is 25.3 Å². The molecule has 0 fully saturated rings. The number of benzene rings is 7. The maximum atomic E-state index is 11.1. The van der Waals surface area contributed by atoms with Gasteiger partial charge in [-0.3, -0.25) is 14.4 Å². The van der Waals surface area contributed by atoms with Crippen molar-refractivity contribution in [2.75, 3.05) is 13.7 Å². The lowest BCUT2D eigenvalue weighted by atomic mass is 10.00. The third-order valence-electron chi connectivity index (χ3n) is 15.7. The second-order valence-electron chi connectivity index (χ2n) is 29.7. The minimum absolute atomic E-state index is 0.212. The molecule has 0 aliphatic carbocycles. The van der Waals surface area contributed by atoms with Gasteiger partial charge < -0.3 is 40.1 Å². The summed E-state index contributed by atoms with van der Waals surface area (Å²) in [6.07, 6.45) is 17.1. The minimum Gasteiger partial charge on any atom is -0.482 e. The van der Waals surface area contributed by atoms with Gasteiger partial charge in [0.15, 0.2) is 6.61 Å². The maximum absolute atomic E-state index is 11.1. The lowest BCUT2D eigenvalue weighted by Gasteiger charge is -2.07. The van der Waals surface area contributed by atoms with Gasteiger partial charge in [0.1, 0.15) is 5.75 Å². The Kier molecular flexibility index (Phi) is 48.9. The summed E-state index contributed by atoms with van der Waals surface area (Å²) in [5.74, 6) is -0.0108. The van der Waals surface area contributed by atoms with Crippen LogP contribution in [-0.4, -0.2) is 86.1 Å². The van der Waals surface area contributed by atoms with Crippen LogP contribution in [0.2, 0.25) is 0 Å². The van der Waals surface area contributed by atoms with Crippen LogP contribution in [0.15, 0.2) is 176 Å². The minimum atomic E-state index is -0.954. The molecule has 0 saturated carbocycles. The lowest BCUT2D eigenvalue weighted by Crippen LogP contribution is -2.09. The van der Waals surface area contributed by atoms with E-state index in [9.17, 15) is 33.6 Å². The summed E-state index contributed by atoms with van der Waals surface area (Å²) in [4.78, 5) is 73.4. The highest BCUT2D eigenvalue weighted by Gasteiger charge is 2.09. The van der Waals surface area contributed by atoms with Gasteiger partial charge in [0.25, 0.3) is 0 Å². The van der Waals surface area contributed by atoms with E-state index in [-0.39, 0.29) is 25.4 Å². The summed E-state index contributed by atoms with van der Waals surface area (Å²) < 4.78 is 9.71. The smallest absolute Gasteiger partial charge is 0.341 e. The summed E-state index contributed by atoms with van der Waals surface area (Å²) in [7, 11) is 1.39. The lowest BCUT2D eigenvalue weighted by molar-refractivity contribution is -0.139. The number of aromatic carboxylic acids is 1. The van der Waals surface area contributed by atoms with Crippen molar-refractivity contribution in [3.8, 4) is 5.75 Å². The number of hydrogen-bond acceptors (Lipinski definition) is 9. The second-order valence-corrected chi connectivity index (χ2v) is 29.7. The summed E-state index contributed by atoms with van der Waals surface area (Å²) >= 11 is 0. The van der Waals surface area contributed by atoms with Gasteiger partial charge in [-0.2, -0.15) is 0 Å². The highest BCUT2D eigenvalue weighted by Crippen LogP contribution is 2.19. The number of carbonyl (C=O) groups is 7. The van der Waals surface area contributed by atoms with E-state index < -0.39 is 35.8 Å². The third-order valence-corrected chi connectivity index (χ3v) is 15.7. The van der Waals surface area contributed by atoms with E-state index in [2.05, 4.69) is 162 Å². The average molecular weight is 1460 g/mol. The fourth-order valence-electron chi connectivity index (χ4n) is 10.8. The van der Waals surface area contributed by atoms with Crippen molar-refractivity contribution >= 4 is 47.9 Å². The molecule has 15 heteroatoms. The van der Waals surface area contributed by atoms with Gasteiger partial charge in [-0.1, -0.05) is 237 Å². The first kappa shape index (κ1) is 94.4. The molecule has 0 spiro atoms. The predicted molar refractivity (Wildman–Crippen MR) is 429 cm³/mol. The predicted octanol–water partition coefficient (Wildman–Crippen LogP) is 20.9. The standard InChI is InChI=1S/C16H24O2.C14H20O2.C13H18O2.C13H16O2.C12H16O3.C12H16O2.C11H14O2/c1-13(2)12-15-10-8-14(9-11-15)6-4-3-5-7-16(17)18;1-11(2)10-13-8-6-12(7-9-13)4-3-5-14(15)16;2*1-10(2)9-12-5-3-11(4-6-12)7-8-13(14)15;1-9(2)6-10-4-3-5-11(7-10)15-8-12(13)14;1-9(2)8-10-4-6-11(7-5-10)12(13)14-3;1-8(2)7-9-3-5-10(6-4-9)11(12)13/h8-11,13H,3-7,12H2,1-2H3,(H,17,18);6-9,11H,3-5,10H2,1-2H3,(H,15,16);3-6,10H,7-9H2,1-2H3,(H,14,15);3-8,10H,9H2,1-2H3,(H,14,15);3-5,7,9H,6,8H2,1-2H3,(H,13,14);4-7,9H,8H2,1-3H3;3-6,8H,7H2,1-2H3,(H,12,13)/b;;;8-7+;;;. The molecule has 0 aliphatic rings. The number of aryl methyl sites for hydroxylation is 3. The first-order valence-corrected chi connectivity index (χ1v) is 37.4. The van der Waals surface area contributed by atoms with Crippen molar-refractivity contribution in [3.05, 3.63) is 248 Å². The zero-order valence-corrected chi connectivity index (χ0v) is 65.9. The number of hydrogen-bond donors (Lipinski definition) is 6. The van der Waals surface area contributed by atoms with E-state index in [4.69, 9.17) is 35.4 Å². The Labute approximate surface area is 633 Å². The van der Waals surface area contributed by atoms with Gasteiger partial charge in [0.05, 0.1) is 18.2 Å². The number of unbranched alkanes of at least 4 members (excludes halogenated alkanes) is 2. The van der Waals surface area contributed by atoms with Gasteiger partial charge in [-0.05, 0) is 229 Å². The molecule has 0 aromatic heterocycles. The van der Waals surface area contributed by atoms with Gasteiger partial charge in [0.2, 0.25) is 0 Å². The molecule has 0 amide bonds. The Bertz CT molecular complexity index is 3600. The van der Waals surface area contributed by atoms with Crippen molar-refractivity contribution in [2.45, 2.75) is 206 Å². The molecule has 0 radical (unpaired) electrons. The van der Waals surface area contributed by atoms with E-state index in [1.165, 1.54) is 57.2 Å². The summed E-state index contributed by atoms with van der Waals surface area (Å²) in [5, 5.41) is 51.2. The zero-order chi connectivity index (χ0) is 79.5. The number of aliphatic carboxylic acids is 5. The molecule has 0 bridgehead atoms. The molecule has 15 nitrogen and oxygen atoms in total. The number of carboxylic acid groups (broad SMARTS) is 6. The van der Waals surface area contributed by atoms with E-state index in [0.29, 0.717) is 71.1 Å². The molecule has 0 aliphatic heterocycles. The number of rotatable bonds is 34. The second kappa shape index (κ2) is 54.9. The number of methoxy groups -OCH3 is 1. The summed E-state index contributed by atoms with van der Waals surface area (Å²) in [5.41, 5.74) is 14.6. The molecule has 0 heterocycles. The molecular formula is C91H124O15. The van der Waals surface area contributed by atoms with E-state index >= 15 is 0 Å². The largest absolute Gasteiger partial charge is 0.482 e. The van der Waals surface area contributed by atoms with E-state index in [0.717, 1.165) is 101 Å². The van der Waals surface area contributed by atoms with Gasteiger partial charge in [-0.15, -0.1) is 0 Å². The number of carbonyl (C=O) groups excluding carboxylic acids is 1. The summed E-state index contributed by atoms with van der Waals surface area (Å²) in [6.45, 7) is 30.3. The van der Waals surface area contributed by atoms with Crippen LogP contribution in [0.3, 0.4) is 0 Å². The molecule has 7 rings (SSSR count). The molecule has 0 atom stereocenters. The van der Waals surface area contributed by atoms with Crippen LogP contribution in [0, 0.1) is 41.4 Å². The van der Waals surface area contributed by atoms with Crippen molar-refractivity contribution in [3.63, 3.8) is 0 Å². The first-order chi connectivity index (χ1) is 50.1. The molecule has 7 aromatic rings. The van der Waals surface area contributed by atoms with Crippen LogP contribution >= 0.6 is 0 Å². The van der Waals surface area contributed by atoms with Crippen molar-refractivity contribution < 1.29 is 73.7 Å². The molecule has 6 N–H and O–H groups in total. The highest BCUT2D eigenvalue weighted by atomic mass is 16.5. The fraction of sp³-hybridized carbons (Fsp3) is 0.440. The van der Waals surface area contributed by atoms with Crippen LogP contribution in [0.5, 0.6) is 5.75 Å². The number of ether oxygens (including phenoxy) is 2. The quantitative estimate of drug-likeness (QED) is 0.0124. The number of carboxylic acids is 6. The molecule has 0 saturated heterocycles. The molecule has 578 valence electrons. The Balaban J connectivity index is 0.000000619. The van der Waals surface area contributed by atoms with Crippen LogP contribution in [-0.2, 0) is 92.9 Å². The van der Waals surface area contributed by atoms with Crippen LogP contribution < -0.4 is 4.74 Å². The van der Waals surface area contributed by atoms with Crippen LogP contribution in [0.25, 0.3) is 6.08 Å². The first-order valence-electron chi connectivity index (χ1n) is 37.4. The third kappa shape index (κ3) is 50.7. The van der Waals surface area contributed by atoms with E-state index in [1.54, 1.807) is 24.3 Å². The van der Waals surface area contributed by atoms with Gasteiger partial charge in [-0.25, -0.2) is 19.2 Å². The number of esters is 1. The Hall–Kier alpha value is -9.63. The maximum Gasteiger partial charge on any atom is 0.341 e. The Morgan fingerprint density at radius 3 is 0.991 bits per heavy atom. The zero-order valence-electron chi connectivity index (χ0n) is 65.9. The topological polar surface area (TPSA) is 259 Å². The van der Waals surface area contributed by atoms with Crippen molar-refractivity contribution in [1.29, 1.82) is 0 Å². The fourth-order valence-corrected chi connectivity index (χ4v) is 10.8. The molecule has 7 aromatic carbocycles. The highest BCUT2D eigenvalue weighted by molar-refractivity contribution is 5.89. The molecular weight excluding hydrogens is 1330 g/mol. The Morgan fingerprint density at radius 1 is 0.330 bits per heavy atom. The van der Waals surface area contributed by atoms with Crippen LogP contribution in [0.4, 0.5) is 0 Å². The normalized spacial score (nSPS) is 10.6. The average Bonchev–Trinajstić information content (AvgIpc) is 0.922. The SMILES string of the molecule is CC(C)Cc1ccc(/C=C/C(=O)O)cc1.CC(C)Cc1ccc(C(=O)O)cc1.CC(C)Cc1ccc(CCC(=O)O)cc1.CC(C)Cc1ccc(CCCC(=O)O)cc1.CC(C)Cc1ccc(CCCCCC(=O)O)cc1.CC(C)Cc1cccc(OCC(=O)O)c1.COC(=O)c1ccc(CC(C)C)cc1. The van der Waals surface area contributed by atoms with Crippen molar-refractivity contribution in [2.24, 2.45) is 41.4 Å². The summed E-state index contributed by atoms with van der Waals surface area (Å²) in [6, 6.07) is 55.8. The van der Waals surface area contributed by atoms with E-state index in [1.807, 2.05) is 91.0 Å². The van der Waals surface area contributed by atoms with Gasteiger partial charge >= 0.3 is 41.8 Å². The Morgan fingerprint density at radius 2 is 0.651 bits per heavy atom. The molecule has 106 heavy (non-hydrogen) atoms. The molecule has 0 unspecified atom stereocenters. The monoisotopic (exact) mass is 1460 g/mol. The van der Waals surface area contributed by atoms with Crippen LogP contribution in [0.1, 0.15) is 224 Å². The van der Waals surface area contributed by atoms with Crippen molar-refractivity contribution in [1.82, 2.24) is 0 Å².